The highest BCUT2D eigenvalue weighted by Gasteiger charge is 2.49. The van der Waals surface area contributed by atoms with E-state index in [-0.39, 0.29) is 5.92 Å². The summed E-state index contributed by atoms with van der Waals surface area (Å²) in [6, 6.07) is -0.550. The van der Waals surface area contributed by atoms with Crippen LogP contribution in [0.4, 0.5) is 17.6 Å². The molecule has 0 spiro atoms. The topological polar surface area (TPSA) is 32.3 Å². The van der Waals surface area contributed by atoms with Crippen molar-refractivity contribution in [3.63, 3.8) is 0 Å². The summed E-state index contributed by atoms with van der Waals surface area (Å²) in [5.74, 6) is -4.81. The summed E-state index contributed by atoms with van der Waals surface area (Å²) in [6.07, 6.45) is -3.15. The molecule has 1 saturated heterocycles. The Morgan fingerprint density at radius 1 is 1.37 bits per heavy atom. The van der Waals surface area contributed by atoms with Crippen LogP contribution in [-0.2, 0) is 4.79 Å². The van der Waals surface area contributed by atoms with Crippen molar-refractivity contribution in [2.24, 2.45) is 5.92 Å². The largest absolute Gasteiger partial charge is 0.324 e. The number of carbonyl (C=O) groups excluding carboxylic acids is 1. The predicted octanol–water partition coefficient (Wildman–Crippen LogP) is 2.47. The fourth-order valence-electron chi connectivity index (χ4n) is 2.22. The molecule has 0 aromatic rings. The van der Waals surface area contributed by atoms with Crippen LogP contribution in [-0.4, -0.2) is 41.9 Å². The quantitative estimate of drug-likeness (QED) is 0.760. The van der Waals surface area contributed by atoms with E-state index in [2.05, 4.69) is 5.32 Å². The van der Waals surface area contributed by atoms with E-state index in [9.17, 15) is 22.4 Å². The Hall–Kier alpha value is -0.850. The van der Waals surface area contributed by atoms with Gasteiger partial charge in [-0.3, -0.25) is 10.1 Å². The summed E-state index contributed by atoms with van der Waals surface area (Å²) in [5.41, 5.74) is 0. The van der Waals surface area contributed by atoms with Gasteiger partial charge in [-0.1, -0.05) is 27.2 Å². The van der Waals surface area contributed by atoms with Crippen LogP contribution in [0.5, 0.6) is 0 Å². The highest BCUT2D eigenvalue weighted by atomic mass is 19.3. The molecule has 1 N–H and O–H groups in total. The zero-order valence-corrected chi connectivity index (χ0v) is 11.3. The fraction of sp³-hybridized carbons (Fsp3) is 0.917. The third-order valence-corrected chi connectivity index (χ3v) is 3.20. The second-order valence-corrected chi connectivity index (χ2v) is 5.22. The number of carbonyl (C=O) groups is 1. The number of alkyl halides is 4. The first-order valence-corrected chi connectivity index (χ1v) is 6.43. The van der Waals surface area contributed by atoms with Gasteiger partial charge in [-0.2, -0.15) is 8.78 Å². The lowest BCUT2D eigenvalue weighted by molar-refractivity contribution is -0.158. The van der Waals surface area contributed by atoms with E-state index in [1.807, 2.05) is 6.92 Å². The molecule has 19 heavy (non-hydrogen) atoms. The molecule has 0 bridgehead atoms. The first-order chi connectivity index (χ1) is 8.70. The molecule has 2 unspecified atom stereocenters. The standard InChI is InChI=1S/C12H20F4N2O/c1-4-5-8-10(19)18(9(17-8)7(2)3)6-12(15,16)11(13)14/h7-9,11,17H,4-6H2,1-3H3. The SMILES string of the molecule is CCCC1NC(C(C)C)N(CC(F)(F)C(F)F)C1=O. The van der Waals surface area contributed by atoms with Crippen LogP contribution < -0.4 is 5.32 Å². The number of amides is 1. The van der Waals surface area contributed by atoms with Crippen LogP contribution in [0, 0.1) is 5.92 Å². The number of hydrogen-bond acceptors (Lipinski definition) is 2. The van der Waals surface area contributed by atoms with Crippen molar-refractivity contribution >= 4 is 5.91 Å². The first kappa shape index (κ1) is 16.2. The third kappa shape index (κ3) is 3.58. The van der Waals surface area contributed by atoms with Gasteiger partial charge >= 0.3 is 12.3 Å². The van der Waals surface area contributed by atoms with Crippen molar-refractivity contribution in [3.05, 3.63) is 0 Å². The Bertz CT molecular complexity index is 323. The molecule has 2 atom stereocenters. The maximum Gasteiger partial charge on any atom is 0.324 e. The second kappa shape index (κ2) is 6.07. The molecule has 0 aliphatic carbocycles. The summed E-state index contributed by atoms with van der Waals surface area (Å²) >= 11 is 0. The lowest BCUT2D eigenvalue weighted by Gasteiger charge is -2.30. The molecule has 0 aromatic heterocycles. The van der Waals surface area contributed by atoms with Gasteiger partial charge in [0.05, 0.1) is 18.8 Å². The molecule has 1 amide bonds. The zero-order chi connectivity index (χ0) is 14.8. The molecular weight excluding hydrogens is 264 g/mol. The normalized spacial score (nSPS) is 24.9. The maximum atomic E-state index is 13.1. The maximum absolute atomic E-state index is 13.1. The minimum Gasteiger partial charge on any atom is -0.319 e. The van der Waals surface area contributed by atoms with Crippen molar-refractivity contribution < 1.29 is 22.4 Å². The fourth-order valence-corrected chi connectivity index (χ4v) is 2.22. The minimum atomic E-state index is -4.18. The van der Waals surface area contributed by atoms with Crippen LogP contribution in [0.25, 0.3) is 0 Å². The number of rotatable bonds is 6. The van der Waals surface area contributed by atoms with Gasteiger partial charge < -0.3 is 4.90 Å². The van der Waals surface area contributed by atoms with Gasteiger partial charge in [0.1, 0.15) is 0 Å². The Kier molecular flexibility index (Phi) is 5.18. The molecule has 1 rings (SSSR count). The number of halogens is 4. The van der Waals surface area contributed by atoms with Crippen LogP contribution in [0.1, 0.15) is 33.6 Å². The van der Waals surface area contributed by atoms with E-state index in [4.69, 9.17) is 0 Å². The lowest BCUT2D eigenvalue weighted by atomic mass is 10.1. The van der Waals surface area contributed by atoms with Gasteiger partial charge in [-0.15, -0.1) is 0 Å². The van der Waals surface area contributed by atoms with E-state index in [1.54, 1.807) is 13.8 Å². The Morgan fingerprint density at radius 2 is 1.95 bits per heavy atom. The van der Waals surface area contributed by atoms with Gasteiger partial charge in [-0.25, -0.2) is 8.78 Å². The molecular formula is C12H20F4N2O. The van der Waals surface area contributed by atoms with E-state index >= 15 is 0 Å². The van der Waals surface area contributed by atoms with Gasteiger partial charge in [-0.05, 0) is 12.3 Å². The molecule has 0 saturated carbocycles. The van der Waals surface area contributed by atoms with Crippen molar-refractivity contribution in [2.75, 3.05) is 6.54 Å². The monoisotopic (exact) mass is 284 g/mol. The van der Waals surface area contributed by atoms with E-state index in [0.717, 1.165) is 4.90 Å². The molecule has 1 heterocycles. The summed E-state index contributed by atoms with van der Waals surface area (Å²) < 4.78 is 50.8. The number of nitrogens with zero attached hydrogens (tertiary/aromatic N) is 1. The predicted molar refractivity (Wildman–Crippen MR) is 63.1 cm³/mol. The second-order valence-electron chi connectivity index (χ2n) is 5.22. The van der Waals surface area contributed by atoms with Gasteiger partial charge in [0.15, 0.2) is 0 Å². The molecule has 112 valence electrons. The minimum absolute atomic E-state index is 0.126. The zero-order valence-electron chi connectivity index (χ0n) is 11.3. The summed E-state index contributed by atoms with van der Waals surface area (Å²) in [7, 11) is 0. The number of nitrogens with one attached hydrogen (secondary N) is 1. The summed E-state index contributed by atoms with van der Waals surface area (Å²) in [6.45, 7) is 4.15. The molecule has 1 aliphatic heterocycles. The molecule has 1 aliphatic rings. The molecule has 3 nitrogen and oxygen atoms in total. The molecule has 1 fully saturated rings. The number of hydrogen-bond donors (Lipinski definition) is 1. The summed E-state index contributed by atoms with van der Waals surface area (Å²) in [4.78, 5) is 12.9. The van der Waals surface area contributed by atoms with E-state index < -0.39 is 37.0 Å². The van der Waals surface area contributed by atoms with Gasteiger partial charge in [0, 0.05) is 0 Å². The average molecular weight is 284 g/mol. The van der Waals surface area contributed by atoms with Crippen molar-refractivity contribution in [1.29, 1.82) is 0 Å². The van der Waals surface area contributed by atoms with Crippen LogP contribution in [0.3, 0.4) is 0 Å². The van der Waals surface area contributed by atoms with E-state index in [1.165, 1.54) is 0 Å². The Labute approximate surface area is 110 Å². The Balaban J connectivity index is 2.86. The first-order valence-electron chi connectivity index (χ1n) is 6.43. The van der Waals surface area contributed by atoms with Gasteiger partial charge in [0.25, 0.3) is 0 Å². The smallest absolute Gasteiger partial charge is 0.319 e. The molecule has 0 aromatic carbocycles. The third-order valence-electron chi connectivity index (χ3n) is 3.20. The van der Waals surface area contributed by atoms with Crippen molar-refractivity contribution in [1.82, 2.24) is 10.2 Å². The van der Waals surface area contributed by atoms with Crippen molar-refractivity contribution in [2.45, 2.75) is 58.2 Å². The summed E-state index contributed by atoms with van der Waals surface area (Å²) in [5, 5.41) is 2.95. The van der Waals surface area contributed by atoms with Crippen LogP contribution in [0.15, 0.2) is 0 Å². The highest BCUT2D eigenvalue weighted by Crippen LogP contribution is 2.28. The van der Waals surface area contributed by atoms with Crippen molar-refractivity contribution in [3.8, 4) is 0 Å². The van der Waals surface area contributed by atoms with Crippen LogP contribution >= 0.6 is 0 Å². The molecule has 0 radical (unpaired) electrons. The van der Waals surface area contributed by atoms with Gasteiger partial charge in [0.2, 0.25) is 5.91 Å². The lowest BCUT2D eigenvalue weighted by Crippen LogP contribution is -2.49. The Morgan fingerprint density at radius 3 is 2.37 bits per heavy atom. The average Bonchev–Trinajstić information content (AvgIpc) is 2.58. The van der Waals surface area contributed by atoms with E-state index in [0.29, 0.717) is 12.8 Å². The highest BCUT2D eigenvalue weighted by molar-refractivity contribution is 5.84. The van der Waals surface area contributed by atoms with Crippen LogP contribution in [0.2, 0.25) is 0 Å². The molecule has 7 heteroatoms.